The van der Waals surface area contributed by atoms with E-state index < -0.39 is 5.82 Å². The summed E-state index contributed by atoms with van der Waals surface area (Å²) in [7, 11) is 0. The highest BCUT2D eigenvalue weighted by Crippen LogP contribution is 2.22. The van der Waals surface area contributed by atoms with Crippen LogP contribution in [0, 0.1) is 5.82 Å². The zero-order chi connectivity index (χ0) is 22.0. The summed E-state index contributed by atoms with van der Waals surface area (Å²) in [6.07, 6.45) is 0.850. The number of rotatable bonds is 5. The van der Waals surface area contributed by atoms with Gasteiger partial charge in [0.2, 0.25) is 5.91 Å². The molecule has 1 aliphatic rings. The second kappa shape index (κ2) is 9.15. The summed E-state index contributed by atoms with van der Waals surface area (Å²) in [5.41, 5.74) is 2.95. The van der Waals surface area contributed by atoms with Crippen LogP contribution in [0.1, 0.15) is 23.1 Å². The topological polar surface area (TPSA) is 81.3 Å². The van der Waals surface area contributed by atoms with Gasteiger partial charge in [-0.1, -0.05) is 25.1 Å². The molecule has 0 radical (unpaired) electrons. The molecule has 0 atom stereocenters. The van der Waals surface area contributed by atoms with Crippen molar-refractivity contribution in [3.05, 3.63) is 58.1 Å². The molecule has 2 heterocycles. The Hall–Kier alpha value is -2.78. The molecule has 7 nitrogen and oxygen atoms in total. The van der Waals surface area contributed by atoms with Crippen LogP contribution >= 0.6 is 15.9 Å². The molecule has 0 saturated carbocycles. The number of anilines is 1. The molecule has 162 valence electrons. The Balaban J connectivity index is 1.33. The number of imidazole rings is 1. The molecule has 2 N–H and O–H groups in total. The third-order valence-electron chi connectivity index (χ3n) is 5.43. The first-order chi connectivity index (χ1) is 14.9. The van der Waals surface area contributed by atoms with Gasteiger partial charge in [-0.25, -0.2) is 9.37 Å². The molecule has 0 bridgehead atoms. The highest BCUT2D eigenvalue weighted by molar-refractivity contribution is 9.10. The van der Waals surface area contributed by atoms with Crippen LogP contribution in [-0.2, 0) is 11.2 Å². The Morgan fingerprint density at radius 2 is 1.94 bits per heavy atom. The van der Waals surface area contributed by atoms with Crippen LogP contribution < -0.4 is 5.32 Å². The van der Waals surface area contributed by atoms with Crippen LogP contribution in [0.15, 0.2) is 40.9 Å². The molecular formula is C22H23BrFN5O2. The number of carbonyl (C=O) groups excluding carboxylic acids is 2. The van der Waals surface area contributed by atoms with E-state index >= 15 is 0 Å². The second-order valence-corrected chi connectivity index (χ2v) is 8.35. The summed E-state index contributed by atoms with van der Waals surface area (Å²) in [5.74, 6) is -0.516. The van der Waals surface area contributed by atoms with E-state index in [1.165, 1.54) is 6.07 Å². The highest BCUT2D eigenvalue weighted by Gasteiger charge is 2.25. The van der Waals surface area contributed by atoms with Crippen molar-refractivity contribution in [3.63, 3.8) is 0 Å². The Labute approximate surface area is 187 Å². The molecule has 0 aliphatic carbocycles. The third-order valence-corrected chi connectivity index (χ3v) is 6.03. The molecule has 1 saturated heterocycles. The number of aromatic amines is 1. The first-order valence-electron chi connectivity index (χ1n) is 10.2. The number of aromatic nitrogens is 2. The molecule has 0 spiro atoms. The number of benzene rings is 2. The number of amides is 2. The molecule has 1 aromatic heterocycles. The highest BCUT2D eigenvalue weighted by atomic mass is 79.9. The summed E-state index contributed by atoms with van der Waals surface area (Å²) >= 11 is 3.13. The molecule has 9 heteroatoms. The average Bonchev–Trinajstić information content (AvgIpc) is 3.17. The summed E-state index contributed by atoms with van der Waals surface area (Å²) in [6, 6.07) is 10.6. The van der Waals surface area contributed by atoms with E-state index in [1.54, 1.807) is 11.0 Å². The quantitative estimate of drug-likeness (QED) is 0.577. The van der Waals surface area contributed by atoms with E-state index in [4.69, 9.17) is 0 Å². The lowest BCUT2D eigenvalue weighted by molar-refractivity contribution is -0.117. The largest absolute Gasteiger partial charge is 0.334 e. The van der Waals surface area contributed by atoms with Gasteiger partial charge in [-0.15, -0.1) is 0 Å². The van der Waals surface area contributed by atoms with Gasteiger partial charge in [0, 0.05) is 37.9 Å². The number of piperazine rings is 1. The number of hydrogen-bond acceptors (Lipinski definition) is 4. The lowest BCUT2D eigenvalue weighted by atomic mass is 10.1. The van der Waals surface area contributed by atoms with Gasteiger partial charge in [0.25, 0.3) is 5.91 Å². The zero-order valence-corrected chi connectivity index (χ0v) is 18.7. The monoisotopic (exact) mass is 487 g/mol. The van der Waals surface area contributed by atoms with Crippen molar-refractivity contribution in [3.8, 4) is 0 Å². The van der Waals surface area contributed by atoms with Crippen LogP contribution in [0.3, 0.4) is 0 Å². The number of aryl methyl sites for hydroxylation is 1. The van der Waals surface area contributed by atoms with Crippen LogP contribution in [-0.4, -0.2) is 64.3 Å². The fourth-order valence-corrected chi connectivity index (χ4v) is 4.04. The maximum atomic E-state index is 13.7. The van der Waals surface area contributed by atoms with Gasteiger partial charge in [0.05, 0.1) is 22.1 Å². The predicted octanol–water partition coefficient (Wildman–Crippen LogP) is 3.42. The lowest BCUT2D eigenvalue weighted by Gasteiger charge is -2.33. The van der Waals surface area contributed by atoms with Gasteiger partial charge in [0.15, 0.2) is 5.82 Å². The maximum absolute atomic E-state index is 13.7. The van der Waals surface area contributed by atoms with E-state index in [0.717, 1.165) is 17.7 Å². The average molecular weight is 488 g/mol. The molecule has 3 aromatic rings. The number of para-hydroxylation sites is 1. The molecule has 4 rings (SSSR count). The first-order valence-corrected chi connectivity index (χ1v) is 11.0. The van der Waals surface area contributed by atoms with Crippen molar-refractivity contribution in [2.24, 2.45) is 0 Å². The van der Waals surface area contributed by atoms with Gasteiger partial charge in [-0.2, -0.15) is 0 Å². The maximum Gasteiger partial charge on any atom is 0.289 e. The Morgan fingerprint density at radius 1 is 1.19 bits per heavy atom. The Kier molecular flexibility index (Phi) is 6.33. The van der Waals surface area contributed by atoms with Gasteiger partial charge in [-0.05, 0) is 40.0 Å². The van der Waals surface area contributed by atoms with Crippen molar-refractivity contribution in [2.75, 3.05) is 38.0 Å². The number of nitrogens with one attached hydrogen (secondary N) is 2. The SMILES string of the molecule is CCc1ccccc1NC(=O)CN1CCN(C(=O)c2nc3cc(Br)c(F)cc3[nH]2)CC1. The third kappa shape index (κ3) is 4.77. The Morgan fingerprint density at radius 3 is 2.68 bits per heavy atom. The van der Waals surface area contributed by atoms with Crippen molar-refractivity contribution >= 4 is 44.5 Å². The van der Waals surface area contributed by atoms with Gasteiger partial charge in [0.1, 0.15) is 5.82 Å². The van der Waals surface area contributed by atoms with Gasteiger partial charge < -0.3 is 15.2 Å². The minimum atomic E-state index is -0.413. The lowest BCUT2D eigenvalue weighted by Crippen LogP contribution is -2.50. The predicted molar refractivity (Wildman–Crippen MR) is 121 cm³/mol. The minimum absolute atomic E-state index is 0.0643. The standard InChI is InChI=1S/C22H23BrFN5O2/c1-2-14-5-3-4-6-17(14)25-20(30)13-28-7-9-29(10-8-28)22(31)21-26-18-11-15(23)16(24)12-19(18)27-21/h3-6,11-12H,2,7-10,13H2,1H3,(H,25,30)(H,26,27). The van der Waals surface area contributed by atoms with Gasteiger partial charge in [-0.3, -0.25) is 14.5 Å². The molecule has 1 aliphatic heterocycles. The smallest absolute Gasteiger partial charge is 0.289 e. The van der Waals surface area contributed by atoms with E-state index in [-0.39, 0.29) is 24.2 Å². The number of halogens is 2. The van der Waals surface area contributed by atoms with E-state index in [0.29, 0.717) is 41.7 Å². The van der Waals surface area contributed by atoms with E-state index in [2.05, 4.69) is 38.1 Å². The second-order valence-electron chi connectivity index (χ2n) is 7.50. The summed E-state index contributed by atoms with van der Waals surface area (Å²) in [6.45, 7) is 4.50. The summed E-state index contributed by atoms with van der Waals surface area (Å²) < 4.78 is 14.0. The summed E-state index contributed by atoms with van der Waals surface area (Å²) in [4.78, 5) is 36.2. The minimum Gasteiger partial charge on any atom is -0.334 e. The fourth-order valence-electron chi connectivity index (χ4n) is 3.71. The normalized spacial score (nSPS) is 14.7. The van der Waals surface area contributed by atoms with Crippen molar-refractivity contribution in [2.45, 2.75) is 13.3 Å². The zero-order valence-electron chi connectivity index (χ0n) is 17.1. The molecule has 2 aromatic carbocycles. The number of nitrogens with zero attached hydrogens (tertiary/aromatic N) is 3. The van der Waals surface area contributed by atoms with Crippen molar-refractivity contribution < 1.29 is 14.0 Å². The molecule has 0 unspecified atom stereocenters. The van der Waals surface area contributed by atoms with Crippen molar-refractivity contribution in [1.29, 1.82) is 0 Å². The van der Waals surface area contributed by atoms with Crippen LogP contribution in [0.5, 0.6) is 0 Å². The number of hydrogen-bond donors (Lipinski definition) is 2. The summed E-state index contributed by atoms with van der Waals surface area (Å²) in [5, 5.41) is 2.98. The number of H-pyrrole nitrogens is 1. The number of fused-ring (bicyclic) bond motifs is 1. The van der Waals surface area contributed by atoms with Crippen molar-refractivity contribution in [1.82, 2.24) is 19.8 Å². The molecule has 31 heavy (non-hydrogen) atoms. The first kappa shape index (κ1) is 21.5. The van der Waals surface area contributed by atoms with Gasteiger partial charge >= 0.3 is 0 Å². The molecule has 2 amide bonds. The van der Waals surface area contributed by atoms with E-state index in [1.807, 2.05) is 29.2 Å². The molecular weight excluding hydrogens is 465 g/mol. The van der Waals surface area contributed by atoms with E-state index in [9.17, 15) is 14.0 Å². The Bertz CT molecular complexity index is 1090. The van der Waals surface area contributed by atoms with Crippen LogP contribution in [0.2, 0.25) is 0 Å². The fraction of sp³-hybridized carbons (Fsp3) is 0.318. The number of carbonyl (C=O) groups is 2. The van der Waals surface area contributed by atoms with Crippen LogP contribution in [0.25, 0.3) is 11.0 Å². The molecule has 1 fully saturated rings. The van der Waals surface area contributed by atoms with Crippen LogP contribution in [0.4, 0.5) is 10.1 Å².